The van der Waals surface area contributed by atoms with E-state index in [1.165, 1.54) is 0 Å². The second kappa shape index (κ2) is 5.27. The van der Waals surface area contributed by atoms with Crippen molar-refractivity contribution in [2.75, 3.05) is 18.5 Å². The number of carboxylic acids is 1. The largest absolute Gasteiger partial charge is 0.479 e. The summed E-state index contributed by atoms with van der Waals surface area (Å²) in [6, 6.07) is 6.74. The Labute approximate surface area is 110 Å². The normalized spacial score (nSPS) is 21.9. The van der Waals surface area contributed by atoms with Crippen molar-refractivity contribution in [2.24, 2.45) is 0 Å². The van der Waals surface area contributed by atoms with Crippen LogP contribution >= 0.6 is 0 Å². The van der Waals surface area contributed by atoms with E-state index < -0.39 is 17.5 Å². The molecule has 6 nitrogen and oxygen atoms in total. The lowest BCUT2D eigenvalue weighted by molar-refractivity contribution is -0.144. The summed E-state index contributed by atoms with van der Waals surface area (Å²) in [5, 5.41) is 14.4. The fourth-order valence-electron chi connectivity index (χ4n) is 1.97. The molecular weight excluding hydrogens is 248 g/mol. The van der Waals surface area contributed by atoms with Crippen LogP contribution in [0.5, 0.6) is 0 Å². The molecule has 1 aromatic carbocycles. The summed E-state index contributed by atoms with van der Waals surface area (Å²) in [6.45, 7) is 2.18. The molecule has 19 heavy (non-hydrogen) atoms. The Morgan fingerprint density at radius 3 is 2.68 bits per heavy atom. The Morgan fingerprint density at radius 1 is 1.37 bits per heavy atom. The molecule has 1 saturated heterocycles. The van der Waals surface area contributed by atoms with E-state index in [-0.39, 0.29) is 13.0 Å². The average Bonchev–Trinajstić information content (AvgIpc) is 2.82. The van der Waals surface area contributed by atoms with E-state index in [0.717, 1.165) is 5.56 Å². The molecule has 2 rings (SSSR count). The molecule has 3 N–H and O–H groups in total. The minimum atomic E-state index is -1.33. The van der Waals surface area contributed by atoms with Crippen LogP contribution in [0.4, 0.5) is 10.5 Å². The van der Waals surface area contributed by atoms with Gasteiger partial charge in [0.2, 0.25) is 0 Å². The third-order valence-corrected chi connectivity index (χ3v) is 3.18. The summed E-state index contributed by atoms with van der Waals surface area (Å²) in [6.07, 6.45) is 0.267. The molecule has 2 amide bonds. The number of anilines is 1. The van der Waals surface area contributed by atoms with Gasteiger partial charge in [-0.3, -0.25) is 0 Å². The van der Waals surface area contributed by atoms with E-state index in [2.05, 4.69) is 10.6 Å². The van der Waals surface area contributed by atoms with E-state index in [9.17, 15) is 14.7 Å². The average molecular weight is 264 g/mol. The quantitative estimate of drug-likeness (QED) is 0.769. The standard InChI is InChI=1S/C13H16N2O4/c1-9-4-2-3-5-10(9)14-12(18)15-13(11(16)17)6-7-19-8-13/h2-5H,6-8H2,1H3,(H,16,17)(H2,14,15,18). The highest BCUT2D eigenvalue weighted by molar-refractivity contribution is 5.94. The van der Waals surface area contributed by atoms with Gasteiger partial charge in [0.05, 0.1) is 6.61 Å². The molecule has 1 fully saturated rings. The molecule has 0 bridgehead atoms. The van der Waals surface area contributed by atoms with Crippen LogP contribution in [-0.4, -0.2) is 35.9 Å². The van der Waals surface area contributed by atoms with Crippen molar-refractivity contribution in [3.63, 3.8) is 0 Å². The van der Waals surface area contributed by atoms with E-state index >= 15 is 0 Å². The molecule has 1 aliphatic rings. The molecular formula is C13H16N2O4. The fourth-order valence-corrected chi connectivity index (χ4v) is 1.97. The van der Waals surface area contributed by atoms with Crippen LogP contribution in [0.3, 0.4) is 0 Å². The fraction of sp³-hybridized carbons (Fsp3) is 0.385. The highest BCUT2D eigenvalue weighted by atomic mass is 16.5. The lowest BCUT2D eigenvalue weighted by Crippen LogP contribution is -2.56. The van der Waals surface area contributed by atoms with Crippen molar-refractivity contribution >= 4 is 17.7 Å². The first-order chi connectivity index (χ1) is 9.03. The molecule has 6 heteroatoms. The zero-order valence-corrected chi connectivity index (χ0v) is 10.6. The van der Waals surface area contributed by atoms with Gasteiger partial charge in [-0.2, -0.15) is 0 Å². The van der Waals surface area contributed by atoms with Crippen molar-refractivity contribution < 1.29 is 19.4 Å². The van der Waals surface area contributed by atoms with Crippen molar-refractivity contribution in [3.8, 4) is 0 Å². The zero-order valence-electron chi connectivity index (χ0n) is 10.6. The predicted molar refractivity (Wildman–Crippen MR) is 69.1 cm³/mol. The van der Waals surface area contributed by atoms with Crippen LogP contribution in [0.1, 0.15) is 12.0 Å². The topological polar surface area (TPSA) is 87.7 Å². The Hall–Kier alpha value is -2.08. The van der Waals surface area contributed by atoms with Crippen molar-refractivity contribution in [1.29, 1.82) is 0 Å². The second-order valence-corrected chi connectivity index (χ2v) is 4.58. The Morgan fingerprint density at radius 2 is 2.11 bits per heavy atom. The Bertz CT molecular complexity index is 495. The molecule has 102 valence electrons. The van der Waals surface area contributed by atoms with E-state index in [1.807, 2.05) is 19.1 Å². The van der Waals surface area contributed by atoms with Crippen LogP contribution < -0.4 is 10.6 Å². The molecule has 1 heterocycles. The Kier molecular flexibility index (Phi) is 3.71. The van der Waals surface area contributed by atoms with Gasteiger partial charge in [0.1, 0.15) is 0 Å². The number of para-hydroxylation sites is 1. The maximum atomic E-state index is 11.9. The van der Waals surface area contributed by atoms with Gasteiger partial charge in [0.15, 0.2) is 5.54 Å². The van der Waals surface area contributed by atoms with Gasteiger partial charge in [0, 0.05) is 18.7 Å². The van der Waals surface area contributed by atoms with Gasteiger partial charge in [-0.25, -0.2) is 9.59 Å². The number of hydrogen-bond acceptors (Lipinski definition) is 3. The molecule has 0 radical (unpaired) electrons. The van der Waals surface area contributed by atoms with Gasteiger partial charge in [0.25, 0.3) is 0 Å². The first-order valence-electron chi connectivity index (χ1n) is 5.99. The summed E-state index contributed by atoms with van der Waals surface area (Å²) in [5.74, 6) is -1.08. The van der Waals surface area contributed by atoms with Crippen molar-refractivity contribution in [3.05, 3.63) is 29.8 Å². The van der Waals surface area contributed by atoms with E-state index in [4.69, 9.17) is 4.74 Å². The smallest absolute Gasteiger partial charge is 0.332 e. The van der Waals surface area contributed by atoms with E-state index in [1.54, 1.807) is 12.1 Å². The van der Waals surface area contributed by atoms with Crippen molar-refractivity contribution in [2.45, 2.75) is 18.9 Å². The summed E-state index contributed by atoms with van der Waals surface area (Å²) in [5.41, 5.74) is 0.233. The number of amides is 2. The number of ether oxygens (including phenoxy) is 1. The minimum absolute atomic E-state index is 0.0104. The highest BCUT2D eigenvalue weighted by Crippen LogP contribution is 2.20. The number of benzene rings is 1. The van der Waals surface area contributed by atoms with Gasteiger partial charge < -0.3 is 20.5 Å². The summed E-state index contributed by atoms with van der Waals surface area (Å²) < 4.78 is 5.07. The molecule has 1 atom stereocenters. The van der Waals surface area contributed by atoms with Crippen molar-refractivity contribution in [1.82, 2.24) is 5.32 Å². The highest BCUT2D eigenvalue weighted by Gasteiger charge is 2.44. The first-order valence-corrected chi connectivity index (χ1v) is 5.99. The van der Waals surface area contributed by atoms with Crippen LogP contribution in [0.15, 0.2) is 24.3 Å². The molecule has 1 aromatic rings. The number of rotatable bonds is 3. The van der Waals surface area contributed by atoms with Crippen LogP contribution in [0.2, 0.25) is 0 Å². The SMILES string of the molecule is Cc1ccccc1NC(=O)NC1(C(=O)O)CCOC1. The Balaban J connectivity index is 2.05. The number of hydrogen-bond donors (Lipinski definition) is 3. The number of carbonyl (C=O) groups is 2. The zero-order chi connectivity index (χ0) is 13.9. The third kappa shape index (κ3) is 2.85. The van der Waals surface area contributed by atoms with E-state index in [0.29, 0.717) is 12.3 Å². The maximum Gasteiger partial charge on any atom is 0.332 e. The molecule has 0 spiro atoms. The lowest BCUT2D eigenvalue weighted by Gasteiger charge is -2.24. The summed E-state index contributed by atoms with van der Waals surface area (Å²) in [4.78, 5) is 23.1. The number of aryl methyl sites for hydroxylation is 1. The number of carbonyl (C=O) groups excluding carboxylic acids is 1. The maximum absolute atomic E-state index is 11.9. The monoisotopic (exact) mass is 264 g/mol. The van der Waals surface area contributed by atoms with Gasteiger partial charge in [-0.05, 0) is 18.6 Å². The molecule has 0 saturated carbocycles. The molecule has 1 aliphatic heterocycles. The van der Waals surface area contributed by atoms with Gasteiger partial charge in [-0.15, -0.1) is 0 Å². The van der Waals surface area contributed by atoms with Crippen LogP contribution in [-0.2, 0) is 9.53 Å². The van der Waals surface area contributed by atoms with Crippen LogP contribution in [0, 0.1) is 6.92 Å². The lowest BCUT2D eigenvalue weighted by atomic mass is 9.99. The minimum Gasteiger partial charge on any atom is -0.479 e. The second-order valence-electron chi connectivity index (χ2n) is 4.58. The number of carboxylic acid groups (broad SMARTS) is 1. The first kappa shape index (κ1) is 13.4. The number of urea groups is 1. The summed E-state index contributed by atoms with van der Waals surface area (Å²) in [7, 11) is 0. The summed E-state index contributed by atoms with van der Waals surface area (Å²) >= 11 is 0. The molecule has 0 aliphatic carbocycles. The van der Waals surface area contributed by atoms with Gasteiger partial charge in [-0.1, -0.05) is 18.2 Å². The van der Waals surface area contributed by atoms with Crippen LogP contribution in [0.25, 0.3) is 0 Å². The third-order valence-electron chi connectivity index (χ3n) is 3.18. The number of nitrogens with one attached hydrogen (secondary N) is 2. The predicted octanol–water partition coefficient (Wildman–Crippen LogP) is 1.36. The molecule has 1 unspecified atom stereocenters. The van der Waals surface area contributed by atoms with Gasteiger partial charge >= 0.3 is 12.0 Å². The molecule has 0 aromatic heterocycles. The number of aliphatic carboxylic acids is 1.